The molecule has 39 heavy (non-hydrogen) atoms. The first-order valence-corrected chi connectivity index (χ1v) is 12.6. The molecule has 1 aromatic heterocycles. The van der Waals surface area contributed by atoms with E-state index in [2.05, 4.69) is 15.6 Å². The van der Waals surface area contributed by atoms with E-state index in [-0.39, 0.29) is 24.9 Å². The summed E-state index contributed by atoms with van der Waals surface area (Å²) >= 11 is 0. The van der Waals surface area contributed by atoms with E-state index in [1.807, 2.05) is 61.5 Å². The van der Waals surface area contributed by atoms with Crippen molar-refractivity contribution in [2.45, 2.75) is 32.2 Å². The second-order valence-corrected chi connectivity index (χ2v) is 9.35. The van der Waals surface area contributed by atoms with Crippen molar-refractivity contribution in [1.82, 2.24) is 15.2 Å². The number of carbonyl (C=O) groups is 3. The summed E-state index contributed by atoms with van der Waals surface area (Å²) in [6.07, 6.45) is 0.196. The third-order valence-electron chi connectivity index (χ3n) is 6.47. The normalized spacial score (nSPS) is 16.4. The Morgan fingerprint density at radius 3 is 2.49 bits per heavy atom. The number of anilines is 1. The summed E-state index contributed by atoms with van der Waals surface area (Å²) in [5.41, 5.74) is 4.21. The van der Waals surface area contributed by atoms with Gasteiger partial charge in [-0.2, -0.15) is 0 Å². The standard InChI is InChI=1S/C31H28N4O4/c1-21-9-7-13-24(17-21)29(36)34-25-15-8-12-23(18-25)28-27(30(37)33-19-26-14-5-6-16-32-26)35(31(38)39-28)20-22-10-3-2-4-11-22/h2-18,27-28H,19-20H2,1H3,(H,33,37)(H,34,36)/t27-,28-/m0/s1. The minimum atomic E-state index is -0.927. The van der Waals surface area contributed by atoms with Crippen LogP contribution in [0, 0.1) is 6.92 Å². The largest absolute Gasteiger partial charge is 0.438 e. The molecule has 8 heteroatoms. The molecular formula is C31H28N4O4. The summed E-state index contributed by atoms with van der Waals surface area (Å²) in [6, 6.07) is 28.3. The second kappa shape index (κ2) is 11.6. The van der Waals surface area contributed by atoms with Gasteiger partial charge < -0.3 is 15.4 Å². The van der Waals surface area contributed by atoms with E-state index in [1.54, 1.807) is 48.7 Å². The van der Waals surface area contributed by atoms with Crippen LogP contribution in [-0.2, 0) is 22.6 Å². The average molecular weight is 521 g/mol. The molecule has 1 aliphatic heterocycles. The summed E-state index contributed by atoms with van der Waals surface area (Å²) in [5.74, 6) is -0.615. The van der Waals surface area contributed by atoms with Crippen molar-refractivity contribution >= 4 is 23.6 Å². The van der Waals surface area contributed by atoms with Crippen LogP contribution in [0.4, 0.5) is 10.5 Å². The molecule has 3 amide bonds. The first-order valence-electron chi connectivity index (χ1n) is 12.6. The molecule has 2 N–H and O–H groups in total. The Labute approximate surface area is 226 Å². The highest BCUT2D eigenvalue weighted by Gasteiger charge is 2.47. The third-order valence-corrected chi connectivity index (χ3v) is 6.47. The van der Waals surface area contributed by atoms with Gasteiger partial charge in [0.1, 0.15) is 0 Å². The molecule has 0 spiro atoms. The molecule has 4 aromatic rings. The van der Waals surface area contributed by atoms with Crippen molar-refractivity contribution in [1.29, 1.82) is 0 Å². The summed E-state index contributed by atoms with van der Waals surface area (Å²) < 4.78 is 5.78. The Morgan fingerprint density at radius 1 is 0.923 bits per heavy atom. The summed E-state index contributed by atoms with van der Waals surface area (Å²) in [4.78, 5) is 45.1. The first kappa shape index (κ1) is 25.7. The Hall–Kier alpha value is -4.98. The fourth-order valence-corrected chi connectivity index (χ4v) is 4.56. The van der Waals surface area contributed by atoms with Crippen molar-refractivity contribution in [2.24, 2.45) is 0 Å². The van der Waals surface area contributed by atoms with Crippen molar-refractivity contribution in [2.75, 3.05) is 5.32 Å². The predicted octanol–water partition coefficient (Wildman–Crippen LogP) is 5.02. The molecule has 0 radical (unpaired) electrons. The Balaban J connectivity index is 1.40. The number of hydrogen-bond donors (Lipinski definition) is 2. The molecule has 8 nitrogen and oxygen atoms in total. The highest BCUT2D eigenvalue weighted by Crippen LogP contribution is 2.35. The molecule has 2 heterocycles. The lowest BCUT2D eigenvalue weighted by molar-refractivity contribution is -0.126. The topological polar surface area (TPSA) is 101 Å². The number of nitrogens with one attached hydrogen (secondary N) is 2. The van der Waals surface area contributed by atoms with Crippen molar-refractivity contribution in [3.8, 4) is 0 Å². The van der Waals surface area contributed by atoms with Gasteiger partial charge in [-0.3, -0.25) is 19.5 Å². The third kappa shape index (κ3) is 6.13. The van der Waals surface area contributed by atoms with Crippen LogP contribution in [0.5, 0.6) is 0 Å². The van der Waals surface area contributed by atoms with Gasteiger partial charge in [0.2, 0.25) is 5.91 Å². The zero-order valence-corrected chi connectivity index (χ0v) is 21.4. The van der Waals surface area contributed by atoms with Gasteiger partial charge in [0.15, 0.2) is 12.1 Å². The molecule has 1 aliphatic rings. The number of rotatable bonds is 8. The van der Waals surface area contributed by atoms with Gasteiger partial charge in [-0.1, -0.05) is 66.2 Å². The number of benzene rings is 3. The number of cyclic esters (lactones) is 1. The van der Waals surface area contributed by atoms with Crippen LogP contribution in [0.2, 0.25) is 0 Å². The fourth-order valence-electron chi connectivity index (χ4n) is 4.56. The van der Waals surface area contributed by atoms with Crippen molar-refractivity contribution in [3.63, 3.8) is 0 Å². The molecule has 1 saturated heterocycles. The minimum Gasteiger partial charge on any atom is -0.438 e. The molecule has 196 valence electrons. The predicted molar refractivity (Wildman–Crippen MR) is 147 cm³/mol. The number of carbonyl (C=O) groups excluding carboxylic acids is 3. The van der Waals surface area contributed by atoms with Gasteiger partial charge in [-0.15, -0.1) is 0 Å². The summed E-state index contributed by atoms with van der Waals surface area (Å²) in [6.45, 7) is 2.34. The smallest absolute Gasteiger partial charge is 0.411 e. The maximum absolute atomic E-state index is 13.5. The first-order chi connectivity index (χ1) is 19.0. The van der Waals surface area contributed by atoms with E-state index in [1.165, 1.54) is 4.90 Å². The zero-order chi connectivity index (χ0) is 27.2. The van der Waals surface area contributed by atoms with Crippen LogP contribution in [0.15, 0.2) is 103 Å². The Kier molecular flexibility index (Phi) is 7.63. The minimum absolute atomic E-state index is 0.210. The van der Waals surface area contributed by atoms with E-state index in [0.717, 1.165) is 11.1 Å². The lowest BCUT2D eigenvalue weighted by Gasteiger charge is -2.24. The molecule has 0 aliphatic carbocycles. The quantitative estimate of drug-likeness (QED) is 0.340. The highest BCUT2D eigenvalue weighted by molar-refractivity contribution is 6.04. The molecule has 1 fully saturated rings. The average Bonchev–Trinajstić information content (AvgIpc) is 3.28. The molecule has 0 saturated carbocycles. The monoisotopic (exact) mass is 520 g/mol. The van der Waals surface area contributed by atoms with Crippen LogP contribution in [0.1, 0.15) is 38.8 Å². The van der Waals surface area contributed by atoms with Crippen LogP contribution in [0.25, 0.3) is 0 Å². The molecule has 0 bridgehead atoms. The second-order valence-electron chi connectivity index (χ2n) is 9.35. The van der Waals surface area contributed by atoms with Gasteiger partial charge >= 0.3 is 6.09 Å². The molecule has 5 rings (SSSR count). The maximum Gasteiger partial charge on any atom is 0.411 e. The van der Waals surface area contributed by atoms with Gasteiger partial charge in [-0.05, 0) is 54.4 Å². The molecule has 3 aromatic carbocycles. The van der Waals surface area contributed by atoms with E-state index >= 15 is 0 Å². The zero-order valence-electron chi connectivity index (χ0n) is 21.4. The van der Waals surface area contributed by atoms with E-state index < -0.39 is 18.2 Å². The van der Waals surface area contributed by atoms with Gasteiger partial charge in [0.25, 0.3) is 5.91 Å². The maximum atomic E-state index is 13.5. The SMILES string of the molecule is Cc1cccc(C(=O)Nc2cccc([C@@H]3OC(=O)N(Cc4ccccc4)[C@@H]3C(=O)NCc3ccccn3)c2)c1. The Morgan fingerprint density at radius 2 is 1.72 bits per heavy atom. The number of aromatic nitrogens is 1. The highest BCUT2D eigenvalue weighted by atomic mass is 16.6. The summed E-state index contributed by atoms with van der Waals surface area (Å²) in [5, 5.41) is 5.81. The number of amides is 3. The fraction of sp³-hybridized carbons (Fsp3) is 0.161. The van der Waals surface area contributed by atoms with Crippen molar-refractivity contribution in [3.05, 3.63) is 131 Å². The van der Waals surface area contributed by atoms with Gasteiger partial charge in [0, 0.05) is 17.4 Å². The summed E-state index contributed by atoms with van der Waals surface area (Å²) in [7, 11) is 0. The lowest BCUT2D eigenvalue weighted by atomic mass is 10.00. The van der Waals surface area contributed by atoms with Crippen molar-refractivity contribution < 1.29 is 19.1 Å². The molecular weight excluding hydrogens is 492 g/mol. The van der Waals surface area contributed by atoms with E-state index in [0.29, 0.717) is 22.5 Å². The number of pyridine rings is 1. The van der Waals surface area contributed by atoms with E-state index in [9.17, 15) is 14.4 Å². The molecule has 0 unspecified atom stereocenters. The van der Waals surface area contributed by atoms with Gasteiger partial charge in [-0.25, -0.2) is 4.79 Å². The van der Waals surface area contributed by atoms with Crippen LogP contribution < -0.4 is 10.6 Å². The van der Waals surface area contributed by atoms with Gasteiger partial charge in [0.05, 0.1) is 18.8 Å². The molecule has 2 atom stereocenters. The van der Waals surface area contributed by atoms with Crippen LogP contribution in [-0.4, -0.2) is 33.8 Å². The number of aryl methyl sites for hydroxylation is 1. The van der Waals surface area contributed by atoms with Crippen LogP contribution >= 0.6 is 0 Å². The number of ether oxygens (including phenoxy) is 1. The van der Waals surface area contributed by atoms with E-state index in [4.69, 9.17) is 4.74 Å². The lowest BCUT2D eigenvalue weighted by Crippen LogP contribution is -2.46. The Bertz CT molecular complexity index is 1480. The number of hydrogen-bond acceptors (Lipinski definition) is 5. The van der Waals surface area contributed by atoms with Crippen LogP contribution in [0.3, 0.4) is 0 Å². The number of nitrogens with zero attached hydrogens (tertiary/aromatic N) is 2.